The Morgan fingerprint density at radius 1 is 1.19 bits per heavy atom. The topological polar surface area (TPSA) is 68.3 Å². The number of ether oxygens (including phenoxy) is 1. The number of nitrogens with one attached hydrogen (secondary N) is 1. The number of halogens is 2. The molecule has 1 heterocycles. The van der Waals surface area contributed by atoms with Crippen LogP contribution in [0.25, 0.3) is 0 Å². The van der Waals surface area contributed by atoms with Gasteiger partial charge in [0.05, 0.1) is 5.56 Å². The Morgan fingerprint density at radius 3 is 2.67 bits per heavy atom. The minimum absolute atomic E-state index is 0.0660. The summed E-state index contributed by atoms with van der Waals surface area (Å²) in [7, 11) is 0. The number of aromatic nitrogens is 1. The highest BCUT2D eigenvalue weighted by molar-refractivity contribution is 5.95. The lowest BCUT2D eigenvalue weighted by Crippen LogP contribution is -2.21. The summed E-state index contributed by atoms with van der Waals surface area (Å²) in [6.45, 7) is -0.549. The van der Waals surface area contributed by atoms with E-state index in [4.69, 9.17) is 4.74 Å². The first-order valence-electron chi connectivity index (χ1n) is 5.88. The SMILES string of the molecule is O=C(COC(=O)c1cccnc1)Nc1ccc(F)c(F)c1. The average molecular weight is 292 g/mol. The standard InChI is InChI=1S/C14H10F2N2O3/c15-11-4-3-10(6-12(11)16)18-13(19)8-21-14(20)9-2-1-5-17-7-9/h1-7H,8H2,(H,18,19). The quantitative estimate of drug-likeness (QED) is 0.877. The molecule has 0 saturated carbocycles. The molecule has 0 atom stereocenters. The zero-order chi connectivity index (χ0) is 15.2. The summed E-state index contributed by atoms with van der Waals surface area (Å²) in [6, 6.07) is 5.95. The molecule has 21 heavy (non-hydrogen) atoms. The summed E-state index contributed by atoms with van der Waals surface area (Å²) in [5.74, 6) is -3.47. The fourth-order valence-electron chi connectivity index (χ4n) is 1.47. The van der Waals surface area contributed by atoms with Crippen LogP contribution in [0, 0.1) is 11.6 Å². The van der Waals surface area contributed by atoms with Crippen molar-refractivity contribution < 1.29 is 23.1 Å². The van der Waals surface area contributed by atoms with Gasteiger partial charge in [0.15, 0.2) is 18.2 Å². The van der Waals surface area contributed by atoms with Gasteiger partial charge in [-0.25, -0.2) is 13.6 Å². The molecule has 0 unspecified atom stereocenters. The van der Waals surface area contributed by atoms with E-state index in [-0.39, 0.29) is 11.3 Å². The zero-order valence-electron chi connectivity index (χ0n) is 10.7. The fourth-order valence-corrected chi connectivity index (χ4v) is 1.47. The molecule has 0 saturated heterocycles. The smallest absolute Gasteiger partial charge is 0.340 e. The Kier molecular flexibility index (Phi) is 4.55. The maximum absolute atomic E-state index is 12.9. The van der Waals surface area contributed by atoms with E-state index < -0.39 is 30.1 Å². The van der Waals surface area contributed by atoms with Crippen molar-refractivity contribution in [1.29, 1.82) is 0 Å². The van der Waals surface area contributed by atoms with Gasteiger partial charge in [0.25, 0.3) is 5.91 Å². The summed E-state index contributed by atoms with van der Waals surface area (Å²) >= 11 is 0. The monoisotopic (exact) mass is 292 g/mol. The number of nitrogens with zero attached hydrogens (tertiary/aromatic N) is 1. The maximum Gasteiger partial charge on any atom is 0.340 e. The average Bonchev–Trinajstić information content (AvgIpc) is 2.49. The number of carbonyl (C=O) groups is 2. The molecular weight excluding hydrogens is 282 g/mol. The van der Waals surface area contributed by atoms with Gasteiger partial charge in [-0.2, -0.15) is 0 Å². The molecule has 0 aliphatic rings. The second kappa shape index (κ2) is 6.56. The van der Waals surface area contributed by atoms with Crippen molar-refractivity contribution in [3.63, 3.8) is 0 Å². The van der Waals surface area contributed by atoms with Gasteiger partial charge in [-0.05, 0) is 24.3 Å². The lowest BCUT2D eigenvalue weighted by molar-refractivity contribution is -0.119. The lowest BCUT2D eigenvalue weighted by Gasteiger charge is -2.06. The molecule has 7 heteroatoms. The molecule has 0 aliphatic carbocycles. The van der Waals surface area contributed by atoms with Crippen LogP contribution in [0.5, 0.6) is 0 Å². The van der Waals surface area contributed by atoms with Gasteiger partial charge >= 0.3 is 5.97 Å². The van der Waals surface area contributed by atoms with Crippen molar-refractivity contribution in [2.24, 2.45) is 0 Å². The summed E-state index contributed by atoms with van der Waals surface area (Å²) in [4.78, 5) is 26.8. The molecule has 1 amide bonds. The number of rotatable bonds is 4. The molecule has 0 radical (unpaired) electrons. The highest BCUT2D eigenvalue weighted by atomic mass is 19.2. The number of amides is 1. The molecule has 1 aromatic heterocycles. The number of carbonyl (C=O) groups excluding carboxylic acids is 2. The maximum atomic E-state index is 12.9. The second-order valence-electron chi connectivity index (χ2n) is 3.99. The van der Waals surface area contributed by atoms with Crippen molar-refractivity contribution in [2.75, 3.05) is 11.9 Å². The van der Waals surface area contributed by atoms with Gasteiger partial charge in [-0.1, -0.05) is 0 Å². The first-order chi connectivity index (χ1) is 10.1. The van der Waals surface area contributed by atoms with Crippen LogP contribution in [0.1, 0.15) is 10.4 Å². The third kappa shape index (κ3) is 4.07. The van der Waals surface area contributed by atoms with Gasteiger partial charge in [-0.15, -0.1) is 0 Å². The molecular formula is C14H10F2N2O3. The van der Waals surface area contributed by atoms with E-state index in [1.165, 1.54) is 24.5 Å². The molecule has 0 spiro atoms. The predicted molar refractivity (Wildman–Crippen MR) is 69.5 cm³/mol. The van der Waals surface area contributed by atoms with Crippen LogP contribution in [0.3, 0.4) is 0 Å². The zero-order valence-corrected chi connectivity index (χ0v) is 10.7. The van der Waals surface area contributed by atoms with Crippen LogP contribution in [0.4, 0.5) is 14.5 Å². The highest BCUT2D eigenvalue weighted by Crippen LogP contribution is 2.12. The van der Waals surface area contributed by atoms with Gasteiger partial charge < -0.3 is 10.1 Å². The molecule has 0 aliphatic heterocycles. The number of hydrogen-bond acceptors (Lipinski definition) is 4. The number of anilines is 1. The third-order valence-electron chi connectivity index (χ3n) is 2.43. The fraction of sp³-hybridized carbons (Fsp3) is 0.0714. The first kappa shape index (κ1) is 14.6. The van der Waals surface area contributed by atoms with E-state index in [1.54, 1.807) is 6.07 Å². The Morgan fingerprint density at radius 2 is 2.00 bits per heavy atom. The number of esters is 1. The van der Waals surface area contributed by atoms with E-state index in [1.807, 2.05) is 0 Å². The number of hydrogen-bond donors (Lipinski definition) is 1. The van der Waals surface area contributed by atoms with Crippen molar-refractivity contribution in [1.82, 2.24) is 4.98 Å². The Hall–Kier alpha value is -2.83. The molecule has 0 fully saturated rings. The predicted octanol–water partition coefficient (Wildman–Crippen LogP) is 2.16. The van der Waals surface area contributed by atoms with Crippen LogP contribution < -0.4 is 5.32 Å². The molecule has 1 N–H and O–H groups in total. The summed E-state index contributed by atoms with van der Waals surface area (Å²) < 4.78 is 30.4. The molecule has 5 nitrogen and oxygen atoms in total. The number of benzene rings is 1. The molecule has 2 aromatic rings. The van der Waals surface area contributed by atoms with Crippen LogP contribution in [-0.2, 0) is 9.53 Å². The van der Waals surface area contributed by atoms with E-state index in [9.17, 15) is 18.4 Å². The highest BCUT2D eigenvalue weighted by Gasteiger charge is 2.11. The summed E-state index contributed by atoms with van der Waals surface area (Å²) in [5, 5.41) is 2.28. The van der Waals surface area contributed by atoms with Crippen molar-refractivity contribution in [3.8, 4) is 0 Å². The second-order valence-corrected chi connectivity index (χ2v) is 3.99. The van der Waals surface area contributed by atoms with Crippen LogP contribution in [-0.4, -0.2) is 23.5 Å². The van der Waals surface area contributed by atoms with Crippen LogP contribution in [0.15, 0.2) is 42.7 Å². The lowest BCUT2D eigenvalue weighted by atomic mass is 10.3. The van der Waals surface area contributed by atoms with Crippen LogP contribution >= 0.6 is 0 Å². The summed E-state index contributed by atoms with van der Waals surface area (Å²) in [5.41, 5.74) is 0.273. The minimum atomic E-state index is -1.08. The minimum Gasteiger partial charge on any atom is -0.452 e. The van der Waals surface area contributed by atoms with E-state index in [0.29, 0.717) is 0 Å². The third-order valence-corrected chi connectivity index (χ3v) is 2.43. The van der Waals surface area contributed by atoms with Gasteiger partial charge in [0.2, 0.25) is 0 Å². The molecule has 2 rings (SSSR count). The number of pyridine rings is 1. The normalized spacial score (nSPS) is 10.0. The Labute approximate surface area is 118 Å². The molecule has 1 aromatic carbocycles. The van der Waals surface area contributed by atoms with Crippen LogP contribution in [0.2, 0.25) is 0 Å². The van der Waals surface area contributed by atoms with E-state index >= 15 is 0 Å². The van der Waals surface area contributed by atoms with Gasteiger partial charge in [0.1, 0.15) is 0 Å². The largest absolute Gasteiger partial charge is 0.452 e. The Bertz CT molecular complexity index is 663. The van der Waals surface area contributed by atoms with E-state index in [0.717, 1.165) is 12.1 Å². The van der Waals surface area contributed by atoms with Crippen molar-refractivity contribution in [2.45, 2.75) is 0 Å². The molecule has 108 valence electrons. The van der Waals surface area contributed by atoms with Crippen molar-refractivity contribution in [3.05, 3.63) is 59.9 Å². The van der Waals surface area contributed by atoms with E-state index in [2.05, 4.69) is 10.3 Å². The Balaban J connectivity index is 1.87. The summed E-state index contributed by atoms with van der Waals surface area (Å²) in [6.07, 6.45) is 2.79. The van der Waals surface area contributed by atoms with Crippen molar-refractivity contribution >= 4 is 17.6 Å². The van der Waals surface area contributed by atoms with Gasteiger partial charge in [0, 0.05) is 24.1 Å². The first-order valence-corrected chi connectivity index (χ1v) is 5.88. The molecule has 0 bridgehead atoms. The van der Waals surface area contributed by atoms with Gasteiger partial charge in [-0.3, -0.25) is 9.78 Å².